The van der Waals surface area contributed by atoms with Crippen LogP contribution in [0.5, 0.6) is 0 Å². The van der Waals surface area contributed by atoms with E-state index in [0.29, 0.717) is 6.61 Å². The molecule has 0 amide bonds. The van der Waals surface area contributed by atoms with Crippen molar-refractivity contribution < 1.29 is 19.4 Å². The van der Waals surface area contributed by atoms with Gasteiger partial charge in [-0.2, -0.15) is 0 Å². The van der Waals surface area contributed by atoms with Crippen LogP contribution in [-0.2, 0) is 14.3 Å². The number of aliphatic carboxylic acids is 1. The number of carbonyl (C=O) groups is 2. The molecule has 0 fully saturated rings. The van der Waals surface area contributed by atoms with Crippen LogP contribution < -0.4 is 0 Å². The van der Waals surface area contributed by atoms with Gasteiger partial charge in [0.25, 0.3) is 0 Å². The molecule has 0 radical (unpaired) electrons. The number of esters is 1. The number of carbonyl (C=O) groups excluding carboxylic acids is 1. The summed E-state index contributed by atoms with van der Waals surface area (Å²) in [6.07, 6.45) is 5.57. The molecule has 1 aromatic rings. The Hall–Kier alpha value is -2.36. The molecule has 1 N–H and O–H groups in total. The van der Waals surface area contributed by atoms with E-state index in [1.54, 1.807) is 37.3 Å². The Bertz CT molecular complexity index is 469. The van der Waals surface area contributed by atoms with Gasteiger partial charge in [0.1, 0.15) is 0 Å². The van der Waals surface area contributed by atoms with Crippen LogP contribution in [0.1, 0.15) is 18.1 Å². The molecule has 0 unspecified atom stereocenters. The van der Waals surface area contributed by atoms with Gasteiger partial charge in [0, 0.05) is 12.2 Å². The highest BCUT2D eigenvalue weighted by molar-refractivity contribution is 5.87. The molecular weight excluding hydrogens is 232 g/mol. The van der Waals surface area contributed by atoms with Crippen LogP contribution in [0.4, 0.5) is 0 Å². The highest BCUT2D eigenvalue weighted by atomic mass is 16.5. The molecule has 4 heteroatoms. The number of hydrogen-bond acceptors (Lipinski definition) is 3. The lowest BCUT2D eigenvalue weighted by Gasteiger charge is -1.97. The zero-order chi connectivity index (χ0) is 13.4. The van der Waals surface area contributed by atoms with Crippen molar-refractivity contribution in [3.8, 4) is 0 Å². The summed E-state index contributed by atoms with van der Waals surface area (Å²) in [5.41, 5.74) is 1.63. The SMILES string of the molecule is CCOC(=O)/C=C/c1ccc(/C=C/C(=O)O)cc1. The lowest BCUT2D eigenvalue weighted by atomic mass is 10.1. The molecule has 0 aliphatic rings. The van der Waals surface area contributed by atoms with E-state index in [-0.39, 0.29) is 5.97 Å². The summed E-state index contributed by atoms with van der Waals surface area (Å²) in [4.78, 5) is 21.4. The van der Waals surface area contributed by atoms with Crippen LogP contribution in [0.15, 0.2) is 36.4 Å². The van der Waals surface area contributed by atoms with Gasteiger partial charge >= 0.3 is 11.9 Å². The molecule has 0 saturated carbocycles. The Morgan fingerprint density at radius 3 is 2.06 bits per heavy atom. The van der Waals surface area contributed by atoms with Gasteiger partial charge in [0.15, 0.2) is 0 Å². The Labute approximate surface area is 105 Å². The molecule has 94 valence electrons. The van der Waals surface area contributed by atoms with Gasteiger partial charge < -0.3 is 9.84 Å². The third kappa shape index (κ3) is 5.12. The highest BCUT2D eigenvalue weighted by Gasteiger charge is 1.94. The molecule has 1 rings (SSSR count). The normalized spacial score (nSPS) is 10.9. The number of carboxylic acids is 1. The van der Waals surface area contributed by atoms with Crippen LogP contribution >= 0.6 is 0 Å². The fourth-order valence-corrected chi connectivity index (χ4v) is 1.24. The van der Waals surface area contributed by atoms with Gasteiger partial charge in [-0.1, -0.05) is 24.3 Å². The van der Waals surface area contributed by atoms with Gasteiger partial charge in [0.05, 0.1) is 6.61 Å². The number of carboxylic acid groups (broad SMARTS) is 1. The first-order chi connectivity index (χ1) is 8.61. The topological polar surface area (TPSA) is 63.6 Å². The predicted molar refractivity (Wildman–Crippen MR) is 68.8 cm³/mol. The van der Waals surface area contributed by atoms with Crippen LogP contribution in [0.25, 0.3) is 12.2 Å². The van der Waals surface area contributed by atoms with Crippen molar-refractivity contribution in [2.45, 2.75) is 6.92 Å². The molecule has 0 spiro atoms. The molecular formula is C14H14O4. The van der Waals surface area contributed by atoms with Crippen molar-refractivity contribution >= 4 is 24.1 Å². The zero-order valence-corrected chi connectivity index (χ0v) is 10.00. The van der Waals surface area contributed by atoms with Crippen molar-refractivity contribution in [3.05, 3.63) is 47.5 Å². The maximum atomic E-state index is 11.1. The fourth-order valence-electron chi connectivity index (χ4n) is 1.24. The van der Waals surface area contributed by atoms with Crippen LogP contribution in [-0.4, -0.2) is 23.7 Å². The van der Waals surface area contributed by atoms with E-state index in [1.165, 1.54) is 12.2 Å². The van der Waals surface area contributed by atoms with Gasteiger partial charge in [-0.25, -0.2) is 9.59 Å². The van der Waals surface area contributed by atoms with Crippen molar-refractivity contribution in [1.29, 1.82) is 0 Å². The van der Waals surface area contributed by atoms with Gasteiger partial charge in [-0.05, 0) is 30.2 Å². The summed E-state index contributed by atoms with van der Waals surface area (Å²) in [6.45, 7) is 2.09. The van der Waals surface area contributed by atoms with E-state index in [4.69, 9.17) is 9.84 Å². The maximum Gasteiger partial charge on any atom is 0.330 e. The first-order valence-electron chi connectivity index (χ1n) is 5.47. The summed E-state index contributed by atoms with van der Waals surface area (Å²) in [7, 11) is 0. The van der Waals surface area contributed by atoms with Gasteiger partial charge in [-0.15, -0.1) is 0 Å². The summed E-state index contributed by atoms with van der Waals surface area (Å²) in [5, 5.41) is 8.48. The van der Waals surface area contributed by atoms with E-state index >= 15 is 0 Å². The predicted octanol–water partition coefficient (Wildman–Crippen LogP) is 2.36. The lowest BCUT2D eigenvalue weighted by molar-refractivity contribution is -0.137. The second kappa shape index (κ2) is 7.06. The molecule has 0 saturated heterocycles. The first-order valence-corrected chi connectivity index (χ1v) is 5.47. The van der Waals surface area contributed by atoms with E-state index in [1.807, 2.05) is 0 Å². The van der Waals surface area contributed by atoms with Crippen molar-refractivity contribution in [2.75, 3.05) is 6.61 Å². The molecule has 4 nitrogen and oxygen atoms in total. The van der Waals surface area contributed by atoms with E-state index in [2.05, 4.69) is 0 Å². The minimum Gasteiger partial charge on any atom is -0.478 e. The third-order valence-corrected chi connectivity index (χ3v) is 2.05. The molecule has 0 atom stereocenters. The molecule has 0 aromatic heterocycles. The summed E-state index contributed by atoms with van der Waals surface area (Å²) >= 11 is 0. The van der Waals surface area contributed by atoms with E-state index in [9.17, 15) is 9.59 Å². The Morgan fingerprint density at radius 1 is 1.11 bits per heavy atom. The molecule has 0 bridgehead atoms. The van der Waals surface area contributed by atoms with Crippen LogP contribution in [0.2, 0.25) is 0 Å². The standard InChI is InChI=1S/C14H14O4/c1-2-18-14(17)10-8-12-5-3-11(4-6-12)7-9-13(15)16/h3-10H,2H2,1H3,(H,15,16)/b9-7+,10-8+. The van der Waals surface area contributed by atoms with Gasteiger partial charge in [0.2, 0.25) is 0 Å². The smallest absolute Gasteiger partial charge is 0.330 e. The van der Waals surface area contributed by atoms with Crippen molar-refractivity contribution in [1.82, 2.24) is 0 Å². The minimum atomic E-state index is -0.985. The second-order valence-corrected chi connectivity index (χ2v) is 3.42. The number of hydrogen-bond donors (Lipinski definition) is 1. The summed E-state index contributed by atoms with van der Waals surface area (Å²) < 4.78 is 4.75. The lowest BCUT2D eigenvalue weighted by Crippen LogP contribution is -1.98. The molecule has 0 heterocycles. The third-order valence-electron chi connectivity index (χ3n) is 2.05. The summed E-state index contributed by atoms with van der Waals surface area (Å²) in [6, 6.07) is 7.11. The number of rotatable bonds is 5. The molecule has 1 aromatic carbocycles. The first kappa shape index (κ1) is 13.7. The van der Waals surface area contributed by atoms with E-state index in [0.717, 1.165) is 17.2 Å². The van der Waals surface area contributed by atoms with Crippen LogP contribution in [0.3, 0.4) is 0 Å². The summed E-state index contributed by atoms with van der Waals surface area (Å²) in [5.74, 6) is -1.37. The van der Waals surface area contributed by atoms with Crippen molar-refractivity contribution in [2.24, 2.45) is 0 Å². The zero-order valence-electron chi connectivity index (χ0n) is 10.00. The Balaban J connectivity index is 2.65. The second-order valence-electron chi connectivity index (χ2n) is 3.42. The highest BCUT2D eigenvalue weighted by Crippen LogP contribution is 2.08. The number of benzene rings is 1. The largest absolute Gasteiger partial charge is 0.478 e. The van der Waals surface area contributed by atoms with Crippen LogP contribution in [0, 0.1) is 0 Å². The average Bonchev–Trinajstić information content (AvgIpc) is 2.35. The Kier molecular flexibility index (Phi) is 5.38. The van der Waals surface area contributed by atoms with Crippen molar-refractivity contribution in [3.63, 3.8) is 0 Å². The molecule has 0 aliphatic carbocycles. The quantitative estimate of drug-likeness (QED) is 0.640. The average molecular weight is 246 g/mol. The molecule has 18 heavy (non-hydrogen) atoms. The van der Waals surface area contributed by atoms with E-state index < -0.39 is 5.97 Å². The number of ether oxygens (including phenoxy) is 1. The maximum absolute atomic E-state index is 11.1. The minimum absolute atomic E-state index is 0.349. The Morgan fingerprint density at radius 2 is 1.61 bits per heavy atom. The monoisotopic (exact) mass is 246 g/mol. The fraction of sp³-hybridized carbons (Fsp3) is 0.143. The molecule has 0 aliphatic heterocycles. The van der Waals surface area contributed by atoms with Gasteiger partial charge in [-0.3, -0.25) is 0 Å².